The average molecular weight is 256 g/mol. The zero-order valence-corrected chi connectivity index (χ0v) is 9.51. The van der Waals surface area contributed by atoms with Gasteiger partial charge in [-0.25, -0.2) is 0 Å². The molecule has 2 rings (SSSR count). The third-order valence-electron chi connectivity index (χ3n) is 1.95. The van der Waals surface area contributed by atoms with E-state index >= 15 is 0 Å². The van der Waals surface area contributed by atoms with Gasteiger partial charge >= 0.3 is 0 Å². The quantitative estimate of drug-likeness (QED) is 0.867. The number of benzene rings is 1. The fourth-order valence-electron chi connectivity index (χ4n) is 1.19. The molecule has 2 N–H and O–H groups in total. The molecule has 1 aromatic carbocycles. The Morgan fingerprint density at radius 1 is 1.31 bits per heavy atom. The zero-order valence-electron chi connectivity index (χ0n) is 8.00. The predicted molar refractivity (Wildman–Crippen MR) is 63.0 cm³/mol. The molecule has 1 aromatic heterocycles. The Morgan fingerprint density at radius 2 is 2.12 bits per heavy atom. The molecular formula is C10H7Cl2N3O. The van der Waals surface area contributed by atoms with Crippen LogP contribution < -0.4 is 5.32 Å². The summed E-state index contributed by atoms with van der Waals surface area (Å²) in [6.45, 7) is 0. The normalized spacial score (nSPS) is 10.1. The number of nitrogens with one attached hydrogen (secondary N) is 2. The van der Waals surface area contributed by atoms with Crippen LogP contribution >= 0.6 is 23.2 Å². The molecule has 0 aliphatic carbocycles. The molecular weight excluding hydrogens is 249 g/mol. The number of aromatic amines is 1. The van der Waals surface area contributed by atoms with E-state index in [1.807, 2.05) is 0 Å². The largest absolute Gasteiger partial charge is 0.307 e. The smallest absolute Gasteiger partial charge is 0.258 e. The van der Waals surface area contributed by atoms with E-state index in [0.29, 0.717) is 16.4 Å². The van der Waals surface area contributed by atoms with Gasteiger partial charge in [-0.2, -0.15) is 5.10 Å². The minimum absolute atomic E-state index is 0.237. The topological polar surface area (TPSA) is 57.8 Å². The molecule has 6 heteroatoms. The number of rotatable bonds is 2. The Kier molecular flexibility index (Phi) is 3.12. The lowest BCUT2D eigenvalue weighted by Gasteiger charge is -2.05. The highest BCUT2D eigenvalue weighted by atomic mass is 35.5. The van der Waals surface area contributed by atoms with Gasteiger partial charge < -0.3 is 5.32 Å². The summed E-state index contributed by atoms with van der Waals surface area (Å²) in [4.78, 5) is 11.8. The average Bonchev–Trinajstić information content (AvgIpc) is 2.74. The third kappa shape index (κ3) is 2.18. The standard InChI is InChI=1S/C10H7Cl2N3O/c11-7-3-1-2-6(9(7)12)10(16)14-8-4-5-13-15-8/h1-5H,(H2,13,14,15,16). The third-order valence-corrected chi connectivity index (χ3v) is 2.76. The van der Waals surface area contributed by atoms with Crippen molar-refractivity contribution in [1.29, 1.82) is 0 Å². The second-order valence-corrected chi connectivity index (χ2v) is 3.81. The lowest BCUT2D eigenvalue weighted by Crippen LogP contribution is -2.12. The molecule has 0 radical (unpaired) electrons. The van der Waals surface area contributed by atoms with Crippen molar-refractivity contribution in [1.82, 2.24) is 10.2 Å². The van der Waals surface area contributed by atoms with Crippen LogP contribution in [0.2, 0.25) is 10.0 Å². The first kappa shape index (κ1) is 11.0. The fourth-order valence-corrected chi connectivity index (χ4v) is 1.58. The summed E-state index contributed by atoms with van der Waals surface area (Å²) in [5, 5.41) is 9.51. The van der Waals surface area contributed by atoms with Crippen molar-refractivity contribution < 1.29 is 4.79 Å². The highest BCUT2D eigenvalue weighted by Gasteiger charge is 2.12. The van der Waals surface area contributed by atoms with E-state index in [0.717, 1.165) is 0 Å². The molecule has 0 aliphatic rings. The van der Waals surface area contributed by atoms with Gasteiger partial charge in [-0.1, -0.05) is 29.3 Å². The highest BCUT2D eigenvalue weighted by molar-refractivity contribution is 6.44. The number of anilines is 1. The van der Waals surface area contributed by atoms with Gasteiger partial charge in [0.15, 0.2) is 0 Å². The van der Waals surface area contributed by atoms with Gasteiger partial charge in [0, 0.05) is 6.07 Å². The zero-order chi connectivity index (χ0) is 11.5. The first-order valence-electron chi connectivity index (χ1n) is 4.43. The number of carbonyl (C=O) groups excluding carboxylic acids is 1. The minimum Gasteiger partial charge on any atom is -0.307 e. The molecule has 4 nitrogen and oxygen atoms in total. The molecule has 0 saturated carbocycles. The van der Waals surface area contributed by atoms with Gasteiger partial charge in [0.25, 0.3) is 5.91 Å². The Labute approximate surface area is 102 Å². The monoisotopic (exact) mass is 255 g/mol. The van der Waals surface area contributed by atoms with Crippen LogP contribution in [0.3, 0.4) is 0 Å². The molecule has 2 aromatic rings. The van der Waals surface area contributed by atoms with Crippen molar-refractivity contribution in [3.8, 4) is 0 Å². The summed E-state index contributed by atoms with van der Waals surface area (Å²) in [7, 11) is 0. The second kappa shape index (κ2) is 4.55. The molecule has 0 bridgehead atoms. The number of hydrogen-bond acceptors (Lipinski definition) is 2. The van der Waals surface area contributed by atoms with Gasteiger partial charge in [-0.15, -0.1) is 0 Å². The van der Waals surface area contributed by atoms with E-state index in [9.17, 15) is 4.79 Å². The van der Waals surface area contributed by atoms with Crippen LogP contribution in [-0.4, -0.2) is 16.1 Å². The Bertz CT molecular complexity index is 511. The van der Waals surface area contributed by atoms with Crippen LogP contribution in [0.15, 0.2) is 30.5 Å². The molecule has 0 spiro atoms. The van der Waals surface area contributed by atoms with E-state index in [1.165, 1.54) is 6.20 Å². The highest BCUT2D eigenvalue weighted by Crippen LogP contribution is 2.25. The van der Waals surface area contributed by atoms with Crippen LogP contribution in [0, 0.1) is 0 Å². The van der Waals surface area contributed by atoms with Gasteiger partial charge in [0.2, 0.25) is 0 Å². The number of halogens is 2. The van der Waals surface area contributed by atoms with Crippen LogP contribution in [0.4, 0.5) is 5.82 Å². The molecule has 82 valence electrons. The number of H-pyrrole nitrogens is 1. The van der Waals surface area contributed by atoms with Crippen LogP contribution in [0.1, 0.15) is 10.4 Å². The maximum Gasteiger partial charge on any atom is 0.258 e. The van der Waals surface area contributed by atoms with E-state index < -0.39 is 0 Å². The van der Waals surface area contributed by atoms with Crippen molar-refractivity contribution in [3.05, 3.63) is 46.1 Å². The summed E-state index contributed by atoms with van der Waals surface area (Å²) in [5.74, 6) is 0.165. The Balaban J connectivity index is 2.24. The van der Waals surface area contributed by atoms with E-state index in [2.05, 4.69) is 15.5 Å². The van der Waals surface area contributed by atoms with Gasteiger partial charge in [-0.05, 0) is 12.1 Å². The van der Waals surface area contributed by atoms with E-state index in [-0.39, 0.29) is 10.9 Å². The Morgan fingerprint density at radius 3 is 2.81 bits per heavy atom. The minimum atomic E-state index is -0.336. The molecule has 0 unspecified atom stereocenters. The van der Waals surface area contributed by atoms with Crippen LogP contribution in [0.25, 0.3) is 0 Å². The van der Waals surface area contributed by atoms with Crippen molar-refractivity contribution in [3.63, 3.8) is 0 Å². The predicted octanol–water partition coefficient (Wildman–Crippen LogP) is 2.97. The molecule has 0 aliphatic heterocycles. The van der Waals surface area contributed by atoms with E-state index in [1.54, 1.807) is 24.3 Å². The molecule has 0 fully saturated rings. The summed E-state index contributed by atoms with van der Waals surface area (Å²) in [6, 6.07) is 6.52. The molecule has 16 heavy (non-hydrogen) atoms. The summed E-state index contributed by atoms with van der Waals surface area (Å²) in [5.41, 5.74) is 0.323. The maximum absolute atomic E-state index is 11.8. The summed E-state index contributed by atoms with van der Waals surface area (Å²) >= 11 is 11.7. The summed E-state index contributed by atoms with van der Waals surface area (Å²) < 4.78 is 0. The maximum atomic E-state index is 11.8. The number of aromatic nitrogens is 2. The Hall–Kier alpha value is -1.52. The van der Waals surface area contributed by atoms with E-state index in [4.69, 9.17) is 23.2 Å². The lowest BCUT2D eigenvalue weighted by atomic mass is 10.2. The summed E-state index contributed by atoms with van der Waals surface area (Å²) in [6.07, 6.45) is 1.54. The molecule has 0 atom stereocenters. The lowest BCUT2D eigenvalue weighted by molar-refractivity contribution is 0.102. The van der Waals surface area contributed by atoms with Gasteiger partial charge in [-0.3, -0.25) is 9.89 Å². The first-order valence-corrected chi connectivity index (χ1v) is 5.19. The number of hydrogen-bond donors (Lipinski definition) is 2. The SMILES string of the molecule is O=C(Nc1ccn[nH]1)c1cccc(Cl)c1Cl. The fraction of sp³-hybridized carbons (Fsp3) is 0. The second-order valence-electron chi connectivity index (χ2n) is 3.03. The van der Waals surface area contributed by atoms with Crippen molar-refractivity contribution in [2.45, 2.75) is 0 Å². The number of amides is 1. The van der Waals surface area contributed by atoms with Gasteiger partial charge in [0.05, 0.1) is 21.8 Å². The number of carbonyl (C=O) groups is 1. The van der Waals surface area contributed by atoms with Crippen LogP contribution in [-0.2, 0) is 0 Å². The van der Waals surface area contributed by atoms with Crippen molar-refractivity contribution >= 4 is 34.9 Å². The van der Waals surface area contributed by atoms with Crippen LogP contribution in [0.5, 0.6) is 0 Å². The molecule has 1 amide bonds. The number of nitrogens with zero attached hydrogens (tertiary/aromatic N) is 1. The molecule has 0 saturated heterocycles. The first-order chi connectivity index (χ1) is 7.68. The van der Waals surface area contributed by atoms with Crippen molar-refractivity contribution in [2.24, 2.45) is 0 Å². The van der Waals surface area contributed by atoms with Crippen molar-refractivity contribution in [2.75, 3.05) is 5.32 Å². The molecule has 1 heterocycles. The van der Waals surface area contributed by atoms with Gasteiger partial charge in [0.1, 0.15) is 5.82 Å².